The molecule has 0 aliphatic carbocycles. The topological polar surface area (TPSA) is 111 Å². The van der Waals surface area contributed by atoms with Crippen LogP contribution in [0, 0.1) is 11.3 Å². The van der Waals surface area contributed by atoms with Gasteiger partial charge in [0.25, 0.3) is 5.91 Å². The van der Waals surface area contributed by atoms with Crippen LogP contribution in [0.25, 0.3) is 16.3 Å². The number of rotatable bonds is 8. The normalized spacial score (nSPS) is 20.1. The molecule has 252 valence electrons. The Hall–Kier alpha value is -4.63. The summed E-state index contributed by atoms with van der Waals surface area (Å²) in [5.74, 6) is -1.64. The van der Waals surface area contributed by atoms with Crippen LogP contribution in [-0.4, -0.2) is 89.1 Å². The Kier molecular flexibility index (Phi) is 9.71. The number of halogens is 2. The van der Waals surface area contributed by atoms with Gasteiger partial charge in [-0.05, 0) is 68.1 Å². The third-order valence-corrected chi connectivity index (χ3v) is 10.1. The highest BCUT2D eigenvalue weighted by Crippen LogP contribution is 2.38. The number of nitrogens with zero attached hydrogens (tertiary/aromatic N) is 7. The monoisotopic (exact) mass is 680 g/mol. The fraction of sp³-hybridized carbons (Fsp3) is 0.378. The summed E-state index contributed by atoms with van der Waals surface area (Å²) in [6, 6.07) is 17.7. The minimum Gasteiger partial charge on any atom is -0.462 e. The van der Waals surface area contributed by atoms with Gasteiger partial charge in [-0.3, -0.25) is 9.78 Å². The average molecular weight is 681 g/mol. The van der Waals surface area contributed by atoms with Crippen LogP contribution in [-0.2, 0) is 17.8 Å². The Morgan fingerprint density at radius 3 is 2.71 bits per heavy atom. The fourth-order valence-electron chi connectivity index (χ4n) is 7.17. The number of likely N-dealkylation sites (tertiary alicyclic amines) is 1. The van der Waals surface area contributed by atoms with Crippen LogP contribution in [0.1, 0.15) is 41.8 Å². The first-order valence-electron chi connectivity index (χ1n) is 16.8. The van der Waals surface area contributed by atoms with Crippen LogP contribution in [0.3, 0.4) is 0 Å². The summed E-state index contributed by atoms with van der Waals surface area (Å²) in [5.41, 5.74) is 3.38. The smallest absolute Gasteiger partial charge is 0.317 e. The zero-order valence-corrected chi connectivity index (χ0v) is 28.2. The summed E-state index contributed by atoms with van der Waals surface area (Å²) >= 11 is 6.73. The molecule has 1 N–H and O–H groups in total. The molecule has 2 aromatic carbocycles. The number of aromatic nitrogens is 3. The Morgan fingerprint density at radius 1 is 1.12 bits per heavy atom. The lowest BCUT2D eigenvalue weighted by Crippen LogP contribution is -2.52. The average Bonchev–Trinajstić information content (AvgIpc) is 3.55. The van der Waals surface area contributed by atoms with Gasteiger partial charge in [-0.25, -0.2) is 4.39 Å². The number of nitriles is 1. The van der Waals surface area contributed by atoms with Crippen LogP contribution in [0.4, 0.5) is 10.1 Å². The lowest BCUT2D eigenvalue weighted by molar-refractivity contribution is -0.129. The third kappa shape index (κ3) is 6.81. The summed E-state index contributed by atoms with van der Waals surface area (Å²) in [7, 11) is 2.08. The maximum absolute atomic E-state index is 16.9. The van der Waals surface area contributed by atoms with Crippen molar-refractivity contribution in [3.63, 3.8) is 0 Å². The molecule has 0 unspecified atom stereocenters. The number of amides is 1. The highest BCUT2D eigenvalue weighted by Gasteiger charge is 2.33. The van der Waals surface area contributed by atoms with E-state index in [0.717, 1.165) is 41.4 Å². The van der Waals surface area contributed by atoms with E-state index in [-0.39, 0.29) is 36.6 Å². The van der Waals surface area contributed by atoms with Crippen LogP contribution in [0.5, 0.6) is 6.01 Å². The maximum atomic E-state index is 16.9. The van der Waals surface area contributed by atoms with Gasteiger partial charge in [-0.15, -0.1) is 0 Å². The Morgan fingerprint density at radius 2 is 1.94 bits per heavy atom. The molecule has 4 aromatic rings. The summed E-state index contributed by atoms with van der Waals surface area (Å²) in [6.07, 6.45) is 5.98. The summed E-state index contributed by atoms with van der Waals surface area (Å²) in [5, 5.41) is 15.1. The number of pyridine rings is 1. The van der Waals surface area contributed by atoms with Crippen molar-refractivity contribution in [2.75, 3.05) is 51.3 Å². The molecular weight excluding hydrogens is 643 g/mol. The number of carbonyl (C=O) groups excluding carboxylic acids is 1. The predicted octanol–water partition coefficient (Wildman–Crippen LogP) is 5.16. The van der Waals surface area contributed by atoms with Crippen molar-refractivity contribution < 1.29 is 13.9 Å². The van der Waals surface area contributed by atoms with E-state index in [1.165, 1.54) is 4.90 Å². The molecule has 1 amide bonds. The molecule has 5 heterocycles. The number of piperazine rings is 1. The van der Waals surface area contributed by atoms with Gasteiger partial charge in [-0.1, -0.05) is 35.9 Å². The Bertz CT molecular complexity index is 1930. The van der Waals surface area contributed by atoms with Crippen molar-refractivity contribution >= 4 is 39.5 Å². The molecule has 0 spiro atoms. The van der Waals surface area contributed by atoms with Gasteiger partial charge in [0.2, 0.25) is 0 Å². The number of likely N-dealkylation sites (N-methyl/N-ethyl adjacent to an activating group) is 1. The Balaban J connectivity index is 1.33. The van der Waals surface area contributed by atoms with Crippen molar-refractivity contribution in [3.05, 3.63) is 94.3 Å². The summed E-state index contributed by atoms with van der Waals surface area (Å²) in [6.45, 7) is 3.45. The molecule has 0 bridgehead atoms. The number of anilines is 1. The van der Waals surface area contributed by atoms with E-state index in [1.807, 2.05) is 30.3 Å². The molecule has 0 saturated carbocycles. The fourth-order valence-corrected chi connectivity index (χ4v) is 7.45. The van der Waals surface area contributed by atoms with E-state index in [1.54, 1.807) is 24.5 Å². The van der Waals surface area contributed by atoms with Gasteiger partial charge in [0.1, 0.15) is 6.61 Å². The number of fused-ring (bicyclic) bond motifs is 2. The second-order valence-corrected chi connectivity index (χ2v) is 13.3. The second-order valence-electron chi connectivity index (χ2n) is 12.8. The second kappa shape index (κ2) is 14.5. The first-order chi connectivity index (χ1) is 23.9. The molecule has 2 aromatic heterocycles. The lowest BCUT2D eigenvalue weighted by Gasteiger charge is -2.33. The maximum Gasteiger partial charge on any atom is 0.317 e. The molecule has 2 atom stereocenters. The number of benzene rings is 2. The molecular formula is C37H38ClFN8O2. The number of hydrogen-bond acceptors (Lipinski definition) is 9. The largest absolute Gasteiger partial charge is 0.462 e. The lowest BCUT2D eigenvalue weighted by atomic mass is 9.93. The van der Waals surface area contributed by atoms with Crippen LogP contribution in [0.15, 0.2) is 66.8 Å². The van der Waals surface area contributed by atoms with Gasteiger partial charge < -0.3 is 24.8 Å². The highest BCUT2D eigenvalue weighted by atomic mass is 35.5. The predicted molar refractivity (Wildman–Crippen MR) is 187 cm³/mol. The zero-order valence-electron chi connectivity index (χ0n) is 27.4. The van der Waals surface area contributed by atoms with Crippen LogP contribution in [0.2, 0.25) is 5.02 Å². The third-order valence-electron chi connectivity index (χ3n) is 9.79. The quantitative estimate of drug-likeness (QED) is 0.253. The first kappa shape index (κ1) is 32.9. The van der Waals surface area contributed by atoms with E-state index in [4.69, 9.17) is 26.3 Å². The molecule has 10 nitrogen and oxygen atoms in total. The number of carbonyl (C=O) groups is 1. The van der Waals surface area contributed by atoms with E-state index in [2.05, 4.69) is 39.3 Å². The molecule has 2 fully saturated rings. The van der Waals surface area contributed by atoms with E-state index in [0.29, 0.717) is 61.2 Å². The molecule has 0 radical (unpaired) electrons. The molecule has 3 aliphatic heterocycles. The first-order valence-corrected chi connectivity index (χ1v) is 17.1. The SMILES string of the molecule is CN1CCC[C@H]1COc1nc2c(c(/C(=C(\F)C(=O)N3CCN[C@@H](CC#N)C3)c3ccncc3)n1)CCN(c1cccc3cccc(Cl)c13)C2. The van der Waals surface area contributed by atoms with Gasteiger partial charge >= 0.3 is 6.01 Å². The number of ether oxygens (including phenoxy) is 1. The van der Waals surface area contributed by atoms with Gasteiger partial charge in [0, 0.05) is 72.9 Å². The van der Waals surface area contributed by atoms with Crippen molar-refractivity contribution in [2.24, 2.45) is 0 Å². The van der Waals surface area contributed by atoms with Crippen molar-refractivity contribution in [2.45, 2.75) is 44.3 Å². The highest BCUT2D eigenvalue weighted by molar-refractivity contribution is 6.36. The van der Waals surface area contributed by atoms with Gasteiger partial charge in [-0.2, -0.15) is 15.2 Å². The minimum absolute atomic E-state index is 0.0888. The zero-order chi connectivity index (χ0) is 33.9. The van der Waals surface area contributed by atoms with E-state index in [9.17, 15) is 10.1 Å². The minimum atomic E-state index is -0.908. The number of nitrogens with one attached hydrogen (secondary N) is 1. The molecule has 49 heavy (non-hydrogen) atoms. The van der Waals surface area contributed by atoms with Crippen LogP contribution >= 0.6 is 11.6 Å². The summed E-state index contributed by atoms with van der Waals surface area (Å²) in [4.78, 5) is 33.8. The number of hydrogen-bond donors (Lipinski definition) is 1. The van der Waals surface area contributed by atoms with E-state index >= 15 is 4.39 Å². The molecule has 2 saturated heterocycles. The van der Waals surface area contributed by atoms with Gasteiger partial charge in [0.05, 0.1) is 35.4 Å². The molecule has 3 aliphatic rings. The Labute approximate surface area is 290 Å². The van der Waals surface area contributed by atoms with Crippen molar-refractivity contribution in [1.29, 1.82) is 5.26 Å². The van der Waals surface area contributed by atoms with Gasteiger partial charge in [0.15, 0.2) is 5.83 Å². The summed E-state index contributed by atoms with van der Waals surface area (Å²) < 4.78 is 23.2. The van der Waals surface area contributed by atoms with Crippen molar-refractivity contribution in [3.8, 4) is 12.1 Å². The standard InChI is InChI=1S/C37H38ClFN8O2/c1-45-18-4-7-27(45)23-49-37-43-30-22-46(31-9-3-6-24-5-2-8-29(38)32(24)31)19-13-28(30)35(44-37)33(25-11-15-41-16-12-25)34(39)36(48)47-20-17-42-26(21-47)10-14-40/h2-3,5-6,8-9,11-12,15-16,26-27,42H,4,7,10,13,17-23H2,1H3/b34-33-/t26-,27-/m0/s1. The van der Waals surface area contributed by atoms with E-state index < -0.39 is 11.7 Å². The van der Waals surface area contributed by atoms with Crippen molar-refractivity contribution in [1.82, 2.24) is 30.1 Å². The molecule has 12 heteroatoms. The molecule has 7 rings (SSSR count). The van der Waals surface area contributed by atoms with Crippen LogP contribution < -0.4 is 15.0 Å².